The Morgan fingerprint density at radius 3 is 2.52 bits per heavy atom. The number of benzene rings is 1. The molecule has 1 saturated heterocycles. The predicted octanol–water partition coefficient (Wildman–Crippen LogP) is 1.70. The maximum absolute atomic E-state index is 12.2. The summed E-state index contributed by atoms with van der Waals surface area (Å²) in [5.41, 5.74) is 0. The van der Waals surface area contributed by atoms with E-state index in [9.17, 15) is 8.42 Å². The fraction of sp³-hybridized carbons (Fsp3) is 0.600. The lowest BCUT2D eigenvalue weighted by molar-refractivity contribution is 0.242. The summed E-state index contributed by atoms with van der Waals surface area (Å²) in [5, 5.41) is 0. The van der Waals surface area contributed by atoms with Crippen LogP contribution in [0.15, 0.2) is 29.2 Å². The number of nitrogens with one attached hydrogen (secondary N) is 1. The van der Waals surface area contributed by atoms with Crippen molar-refractivity contribution in [1.82, 2.24) is 9.62 Å². The van der Waals surface area contributed by atoms with E-state index in [4.69, 9.17) is 4.74 Å². The number of sulfonamides is 1. The van der Waals surface area contributed by atoms with Crippen LogP contribution in [0, 0.1) is 5.92 Å². The minimum absolute atomic E-state index is 0.0740. The Balaban J connectivity index is 1.95. The zero-order valence-electron chi connectivity index (χ0n) is 12.9. The molecular formula is C15H24N2O3S. The van der Waals surface area contributed by atoms with Gasteiger partial charge >= 0.3 is 0 Å². The third kappa shape index (κ3) is 4.69. The maximum atomic E-state index is 12.2. The molecule has 6 heteroatoms. The first-order chi connectivity index (χ1) is 9.87. The Labute approximate surface area is 127 Å². The van der Waals surface area contributed by atoms with Crippen molar-refractivity contribution in [3.63, 3.8) is 0 Å². The molecule has 1 heterocycles. The van der Waals surface area contributed by atoms with E-state index in [1.807, 2.05) is 13.8 Å². The fourth-order valence-corrected chi connectivity index (χ4v) is 3.59. The summed E-state index contributed by atoms with van der Waals surface area (Å²) in [7, 11) is -1.38. The summed E-state index contributed by atoms with van der Waals surface area (Å²) >= 11 is 0. The van der Waals surface area contributed by atoms with Gasteiger partial charge in [-0.25, -0.2) is 13.1 Å². The van der Waals surface area contributed by atoms with E-state index < -0.39 is 10.0 Å². The Hall–Kier alpha value is -1.11. The van der Waals surface area contributed by atoms with Gasteiger partial charge in [-0.1, -0.05) is 0 Å². The Morgan fingerprint density at radius 1 is 1.33 bits per heavy atom. The van der Waals surface area contributed by atoms with Crippen LogP contribution in [0.2, 0.25) is 0 Å². The zero-order valence-corrected chi connectivity index (χ0v) is 13.7. The molecule has 0 aliphatic carbocycles. The van der Waals surface area contributed by atoms with Gasteiger partial charge in [0.2, 0.25) is 10.0 Å². The number of rotatable bonds is 6. The van der Waals surface area contributed by atoms with Gasteiger partial charge in [0.15, 0.2) is 0 Å². The van der Waals surface area contributed by atoms with E-state index in [2.05, 4.69) is 16.7 Å². The average Bonchev–Trinajstić information content (AvgIpc) is 2.82. The van der Waals surface area contributed by atoms with Crippen molar-refractivity contribution >= 4 is 10.0 Å². The molecular weight excluding hydrogens is 288 g/mol. The SMILES string of the molecule is CC(C)Oc1ccc(S(=O)(=O)NCC2CCN(C)C2)cc1. The smallest absolute Gasteiger partial charge is 0.240 e. The summed E-state index contributed by atoms with van der Waals surface area (Å²) in [6.45, 7) is 6.35. The fourth-order valence-electron chi connectivity index (χ4n) is 2.47. The van der Waals surface area contributed by atoms with Gasteiger partial charge < -0.3 is 9.64 Å². The minimum Gasteiger partial charge on any atom is -0.491 e. The summed E-state index contributed by atoms with van der Waals surface area (Å²) < 4.78 is 32.7. The third-order valence-corrected chi connectivity index (χ3v) is 5.00. The largest absolute Gasteiger partial charge is 0.491 e. The lowest BCUT2D eigenvalue weighted by Gasteiger charge is -2.13. The van der Waals surface area contributed by atoms with E-state index in [0.29, 0.717) is 18.2 Å². The van der Waals surface area contributed by atoms with Gasteiger partial charge in [-0.15, -0.1) is 0 Å². The summed E-state index contributed by atoms with van der Waals surface area (Å²) in [6.07, 6.45) is 1.12. The Bertz CT molecular complexity index is 555. The van der Waals surface area contributed by atoms with Crippen molar-refractivity contribution in [2.24, 2.45) is 5.92 Å². The van der Waals surface area contributed by atoms with Crippen molar-refractivity contribution < 1.29 is 13.2 Å². The molecule has 1 unspecified atom stereocenters. The van der Waals surface area contributed by atoms with E-state index >= 15 is 0 Å². The maximum Gasteiger partial charge on any atom is 0.240 e. The topological polar surface area (TPSA) is 58.6 Å². The van der Waals surface area contributed by atoms with Crippen LogP contribution in [0.1, 0.15) is 20.3 Å². The molecule has 0 bridgehead atoms. The van der Waals surface area contributed by atoms with Crippen LogP contribution in [0.25, 0.3) is 0 Å². The monoisotopic (exact) mass is 312 g/mol. The van der Waals surface area contributed by atoms with Gasteiger partial charge in [-0.2, -0.15) is 0 Å². The molecule has 0 amide bonds. The van der Waals surface area contributed by atoms with Gasteiger partial charge in [0.05, 0.1) is 11.0 Å². The molecule has 0 saturated carbocycles. The van der Waals surface area contributed by atoms with Crippen LogP contribution in [0.5, 0.6) is 5.75 Å². The Morgan fingerprint density at radius 2 is 2.00 bits per heavy atom. The molecule has 0 radical (unpaired) electrons. The molecule has 1 N–H and O–H groups in total. The first-order valence-corrected chi connectivity index (χ1v) is 8.80. The van der Waals surface area contributed by atoms with E-state index in [1.165, 1.54) is 0 Å². The van der Waals surface area contributed by atoms with Gasteiger partial charge in [-0.05, 0) is 64.0 Å². The van der Waals surface area contributed by atoms with Crippen LogP contribution in [-0.4, -0.2) is 46.1 Å². The van der Waals surface area contributed by atoms with Gasteiger partial charge in [0, 0.05) is 13.1 Å². The van der Waals surface area contributed by atoms with Gasteiger partial charge in [-0.3, -0.25) is 0 Å². The van der Waals surface area contributed by atoms with Crippen LogP contribution in [0.3, 0.4) is 0 Å². The number of hydrogen-bond donors (Lipinski definition) is 1. The molecule has 1 aliphatic heterocycles. The number of ether oxygens (including phenoxy) is 1. The first-order valence-electron chi connectivity index (χ1n) is 7.32. The highest BCUT2D eigenvalue weighted by molar-refractivity contribution is 7.89. The molecule has 5 nitrogen and oxygen atoms in total. The lowest BCUT2D eigenvalue weighted by atomic mass is 10.1. The number of likely N-dealkylation sites (tertiary alicyclic amines) is 1. The molecule has 1 aromatic carbocycles. The first kappa shape index (κ1) is 16.3. The van der Waals surface area contributed by atoms with Crippen molar-refractivity contribution in [2.45, 2.75) is 31.3 Å². The van der Waals surface area contributed by atoms with Crippen LogP contribution in [0.4, 0.5) is 0 Å². The van der Waals surface area contributed by atoms with E-state index in [-0.39, 0.29) is 11.0 Å². The van der Waals surface area contributed by atoms with Crippen LogP contribution in [-0.2, 0) is 10.0 Å². The Kier molecular flexibility index (Phi) is 5.24. The summed E-state index contributed by atoms with van der Waals surface area (Å²) in [4.78, 5) is 2.50. The van der Waals surface area contributed by atoms with Crippen LogP contribution < -0.4 is 9.46 Å². The molecule has 1 aromatic rings. The standard InChI is InChI=1S/C15H24N2O3S/c1-12(2)20-14-4-6-15(7-5-14)21(18,19)16-10-13-8-9-17(3)11-13/h4-7,12-13,16H,8-11H2,1-3H3. The molecule has 1 fully saturated rings. The highest BCUT2D eigenvalue weighted by atomic mass is 32.2. The number of hydrogen-bond acceptors (Lipinski definition) is 4. The third-order valence-electron chi connectivity index (χ3n) is 3.56. The van der Waals surface area contributed by atoms with Crippen molar-refractivity contribution in [3.05, 3.63) is 24.3 Å². The van der Waals surface area contributed by atoms with Crippen LogP contribution >= 0.6 is 0 Å². The van der Waals surface area contributed by atoms with E-state index in [1.54, 1.807) is 24.3 Å². The minimum atomic E-state index is -3.43. The quantitative estimate of drug-likeness (QED) is 0.869. The molecule has 0 aromatic heterocycles. The van der Waals surface area contributed by atoms with Crippen molar-refractivity contribution in [2.75, 3.05) is 26.7 Å². The second-order valence-electron chi connectivity index (χ2n) is 5.91. The average molecular weight is 312 g/mol. The second kappa shape index (κ2) is 6.77. The zero-order chi connectivity index (χ0) is 15.5. The van der Waals surface area contributed by atoms with E-state index in [0.717, 1.165) is 19.5 Å². The second-order valence-corrected chi connectivity index (χ2v) is 7.67. The molecule has 2 rings (SSSR count). The molecule has 118 valence electrons. The molecule has 1 aliphatic rings. The highest BCUT2D eigenvalue weighted by Gasteiger charge is 2.22. The van der Waals surface area contributed by atoms with Crippen molar-refractivity contribution in [3.8, 4) is 5.75 Å². The normalized spacial score (nSPS) is 20.1. The highest BCUT2D eigenvalue weighted by Crippen LogP contribution is 2.18. The lowest BCUT2D eigenvalue weighted by Crippen LogP contribution is -2.30. The molecule has 0 spiro atoms. The van der Waals surface area contributed by atoms with Gasteiger partial charge in [0.1, 0.15) is 5.75 Å². The van der Waals surface area contributed by atoms with Gasteiger partial charge in [0.25, 0.3) is 0 Å². The summed E-state index contributed by atoms with van der Waals surface area (Å²) in [6, 6.07) is 6.55. The molecule has 21 heavy (non-hydrogen) atoms. The predicted molar refractivity (Wildman–Crippen MR) is 83.0 cm³/mol. The molecule has 1 atom stereocenters. The number of nitrogens with zero attached hydrogens (tertiary/aromatic N) is 1. The summed E-state index contributed by atoms with van der Waals surface area (Å²) in [5.74, 6) is 1.08. The van der Waals surface area contributed by atoms with Crippen molar-refractivity contribution in [1.29, 1.82) is 0 Å².